The van der Waals surface area contributed by atoms with Gasteiger partial charge in [0.25, 0.3) is 0 Å². The second kappa shape index (κ2) is 5.65. The molecule has 0 aliphatic rings. The number of nitrogen functional groups attached to an aromatic ring is 1. The summed E-state index contributed by atoms with van der Waals surface area (Å²) < 4.78 is 5.03. The molecule has 0 radical (unpaired) electrons. The van der Waals surface area contributed by atoms with Gasteiger partial charge in [-0.1, -0.05) is 13.0 Å². The molecule has 0 saturated carbocycles. The monoisotopic (exact) mass is 258 g/mol. The molecule has 5 heteroatoms. The van der Waals surface area contributed by atoms with Gasteiger partial charge in [0, 0.05) is 29.9 Å². The first-order valence-corrected chi connectivity index (χ1v) is 6.24. The molecule has 0 aliphatic heterocycles. The van der Waals surface area contributed by atoms with Crippen molar-refractivity contribution in [1.82, 2.24) is 15.0 Å². The van der Waals surface area contributed by atoms with Crippen LogP contribution < -0.4 is 10.5 Å². The molecule has 0 bridgehead atoms. The SMILES string of the molecule is CCc1c(C)nc(Cc2ccc(OC)nc2)nc1N. The molecular weight excluding hydrogens is 240 g/mol. The molecule has 19 heavy (non-hydrogen) atoms. The number of nitrogens with zero attached hydrogens (tertiary/aromatic N) is 3. The number of ether oxygens (including phenoxy) is 1. The summed E-state index contributed by atoms with van der Waals surface area (Å²) in [6.45, 7) is 4.02. The van der Waals surface area contributed by atoms with Gasteiger partial charge in [0.15, 0.2) is 0 Å². The lowest BCUT2D eigenvalue weighted by molar-refractivity contribution is 0.397. The van der Waals surface area contributed by atoms with E-state index in [1.165, 1.54) is 0 Å². The Balaban J connectivity index is 2.23. The van der Waals surface area contributed by atoms with Crippen molar-refractivity contribution in [2.45, 2.75) is 26.7 Å². The standard InChI is InChI=1S/C14H18N4O/c1-4-11-9(2)17-12(18-14(11)15)7-10-5-6-13(19-3)16-8-10/h5-6,8H,4,7H2,1-3H3,(H2,15,17,18). The van der Waals surface area contributed by atoms with Crippen LogP contribution in [0.1, 0.15) is 29.6 Å². The summed E-state index contributed by atoms with van der Waals surface area (Å²) in [4.78, 5) is 13.0. The fraction of sp³-hybridized carbons (Fsp3) is 0.357. The smallest absolute Gasteiger partial charge is 0.212 e. The number of anilines is 1. The first kappa shape index (κ1) is 13.3. The van der Waals surface area contributed by atoms with Crippen LogP contribution in [0.3, 0.4) is 0 Å². The van der Waals surface area contributed by atoms with E-state index in [0.29, 0.717) is 18.1 Å². The molecule has 2 N–H and O–H groups in total. The summed E-state index contributed by atoms with van der Waals surface area (Å²) in [7, 11) is 1.60. The Morgan fingerprint density at radius 2 is 2.05 bits per heavy atom. The molecule has 0 aromatic carbocycles. The lowest BCUT2D eigenvalue weighted by atomic mass is 10.1. The minimum atomic E-state index is 0.575. The van der Waals surface area contributed by atoms with Crippen molar-refractivity contribution in [3.8, 4) is 5.88 Å². The summed E-state index contributed by atoms with van der Waals surface area (Å²) in [5.74, 6) is 1.90. The number of rotatable bonds is 4. The van der Waals surface area contributed by atoms with E-state index >= 15 is 0 Å². The van der Waals surface area contributed by atoms with Crippen molar-refractivity contribution in [2.75, 3.05) is 12.8 Å². The lowest BCUT2D eigenvalue weighted by Crippen LogP contribution is -2.07. The van der Waals surface area contributed by atoms with Crippen LogP contribution in [-0.2, 0) is 12.8 Å². The average Bonchev–Trinajstić information content (AvgIpc) is 2.39. The number of pyridine rings is 1. The van der Waals surface area contributed by atoms with E-state index in [4.69, 9.17) is 10.5 Å². The van der Waals surface area contributed by atoms with Gasteiger partial charge in [0.05, 0.1) is 7.11 Å². The van der Waals surface area contributed by atoms with Gasteiger partial charge in [-0.25, -0.2) is 15.0 Å². The van der Waals surface area contributed by atoms with Crippen molar-refractivity contribution in [3.63, 3.8) is 0 Å². The summed E-state index contributed by atoms with van der Waals surface area (Å²) in [6, 6.07) is 3.78. The maximum Gasteiger partial charge on any atom is 0.212 e. The predicted molar refractivity (Wildman–Crippen MR) is 74.2 cm³/mol. The lowest BCUT2D eigenvalue weighted by Gasteiger charge is -2.08. The van der Waals surface area contributed by atoms with Crippen molar-refractivity contribution >= 4 is 5.82 Å². The summed E-state index contributed by atoms with van der Waals surface area (Å²) >= 11 is 0. The molecule has 2 aromatic rings. The van der Waals surface area contributed by atoms with Crippen LogP contribution in [0.2, 0.25) is 0 Å². The van der Waals surface area contributed by atoms with E-state index in [-0.39, 0.29) is 0 Å². The molecule has 2 aromatic heterocycles. The van der Waals surface area contributed by atoms with E-state index in [2.05, 4.69) is 21.9 Å². The van der Waals surface area contributed by atoms with Gasteiger partial charge >= 0.3 is 0 Å². The molecule has 0 atom stereocenters. The Morgan fingerprint density at radius 1 is 1.26 bits per heavy atom. The van der Waals surface area contributed by atoms with Crippen LogP contribution in [0.5, 0.6) is 5.88 Å². The van der Waals surface area contributed by atoms with Crippen LogP contribution in [0, 0.1) is 6.92 Å². The zero-order valence-electron chi connectivity index (χ0n) is 11.5. The van der Waals surface area contributed by atoms with Gasteiger partial charge in [-0.2, -0.15) is 0 Å². The molecule has 100 valence electrons. The van der Waals surface area contributed by atoms with Gasteiger partial charge in [-0.15, -0.1) is 0 Å². The molecule has 0 fully saturated rings. The third kappa shape index (κ3) is 2.99. The van der Waals surface area contributed by atoms with Crippen molar-refractivity contribution in [3.05, 3.63) is 41.0 Å². The first-order chi connectivity index (χ1) is 9.13. The zero-order valence-corrected chi connectivity index (χ0v) is 11.5. The minimum Gasteiger partial charge on any atom is -0.481 e. The van der Waals surface area contributed by atoms with Gasteiger partial charge in [-0.05, 0) is 18.9 Å². The third-order valence-electron chi connectivity index (χ3n) is 3.01. The Hall–Kier alpha value is -2.17. The maximum atomic E-state index is 5.95. The zero-order chi connectivity index (χ0) is 13.8. The summed E-state index contributed by atoms with van der Waals surface area (Å²) in [6.07, 6.45) is 3.23. The molecule has 0 unspecified atom stereocenters. The normalized spacial score (nSPS) is 10.5. The Morgan fingerprint density at radius 3 is 2.58 bits per heavy atom. The van der Waals surface area contributed by atoms with Crippen molar-refractivity contribution < 1.29 is 4.74 Å². The molecule has 2 heterocycles. The van der Waals surface area contributed by atoms with Gasteiger partial charge in [-0.3, -0.25) is 0 Å². The second-order valence-corrected chi connectivity index (χ2v) is 4.33. The fourth-order valence-electron chi connectivity index (χ4n) is 2.01. The van der Waals surface area contributed by atoms with E-state index in [9.17, 15) is 0 Å². The molecule has 5 nitrogen and oxygen atoms in total. The van der Waals surface area contributed by atoms with Crippen LogP contribution in [-0.4, -0.2) is 22.1 Å². The average molecular weight is 258 g/mol. The highest BCUT2D eigenvalue weighted by Crippen LogP contribution is 2.16. The second-order valence-electron chi connectivity index (χ2n) is 4.33. The molecule has 2 rings (SSSR count). The Kier molecular flexibility index (Phi) is 3.94. The highest BCUT2D eigenvalue weighted by atomic mass is 16.5. The van der Waals surface area contributed by atoms with Crippen LogP contribution in [0.15, 0.2) is 18.3 Å². The molecule has 0 amide bonds. The maximum absolute atomic E-state index is 5.95. The van der Waals surface area contributed by atoms with Crippen molar-refractivity contribution in [1.29, 1.82) is 0 Å². The van der Waals surface area contributed by atoms with E-state index < -0.39 is 0 Å². The number of hydrogen-bond acceptors (Lipinski definition) is 5. The summed E-state index contributed by atoms with van der Waals surface area (Å²) in [5, 5.41) is 0. The highest BCUT2D eigenvalue weighted by molar-refractivity contribution is 5.42. The number of aryl methyl sites for hydroxylation is 1. The number of methoxy groups -OCH3 is 1. The third-order valence-corrected chi connectivity index (χ3v) is 3.01. The van der Waals surface area contributed by atoms with Crippen molar-refractivity contribution in [2.24, 2.45) is 0 Å². The first-order valence-electron chi connectivity index (χ1n) is 6.24. The predicted octanol–water partition coefficient (Wildman–Crippen LogP) is 1.92. The Bertz CT molecular complexity index is 543. The number of nitrogens with two attached hydrogens (primary N) is 1. The largest absolute Gasteiger partial charge is 0.481 e. The van der Waals surface area contributed by atoms with Crippen LogP contribution in [0.25, 0.3) is 0 Å². The van der Waals surface area contributed by atoms with Gasteiger partial charge < -0.3 is 10.5 Å². The minimum absolute atomic E-state index is 0.575. The number of aromatic nitrogens is 3. The van der Waals surface area contributed by atoms with E-state index in [1.54, 1.807) is 13.3 Å². The molecular formula is C14H18N4O. The fourth-order valence-corrected chi connectivity index (χ4v) is 2.01. The van der Waals surface area contributed by atoms with Gasteiger partial charge in [0.1, 0.15) is 11.6 Å². The van der Waals surface area contributed by atoms with Crippen LogP contribution >= 0.6 is 0 Å². The summed E-state index contributed by atoms with van der Waals surface area (Å²) in [5.41, 5.74) is 8.95. The van der Waals surface area contributed by atoms with Crippen LogP contribution in [0.4, 0.5) is 5.82 Å². The Labute approximate surface area is 112 Å². The molecule has 0 spiro atoms. The molecule has 0 aliphatic carbocycles. The molecule has 0 saturated heterocycles. The topological polar surface area (TPSA) is 73.9 Å². The highest BCUT2D eigenvalue weighted by Gasteiger charge is 2.08. The quantitative estimate of drug-likeness (QED) is 0.907. The van der Waals surface area contributed by atoms with E-state index in [1.807, 2.05) is 19.1 Å². The van der Waals surface area contributed by atoms with Gasteiger partial charge in [0.2, 0.25) is 5.88 Å². The number of hydrogen-bond donors (Lipinski definition) is 1. The van der Waals surface area contributed by atoms with E-state index in [0.717, 1.165) is 29.1 Å².